The van der Waals surface area contributed by atoms with Crippen LogP contribution in [0.25, 0.3) is 0 Å². The lowest BCUT2D eigenvalue weighted by Gasteiger charge is -2.03. The Kier molecular flexibility index (Phi) is 3.26. The fraction of sp³-hybridized carbons (Fsp3) is 0.100. The molecular weight excluding hydrogens is 260 g/mol. The maximum Gasteiger partial charge on any atom is 0.257 e. The molecule has 2 aromatic heterocycles. The molecule has 0 aliphatic carbocycles. The Morgan fingerprint density at radius 3 is 2.88 bits per heavy atom. The summed E-state index contributed by atoms with van der Waals surface area (Å²) in [6, 6.07) is 2.91. The number of halogens is 1. The minimum Gasteiger partial charge on any atom is -0.384 e. The van der Waals surface area contributed by atoms with Crippen molar-refractivity contribution in [3.63, 3.8) is 0 Å². The van der Waals surface area contributed by atoms with Crippen LogP contribution in [0.5, 0.6) is 0 Å². The van der Waals surface area contributed by atoms with Crippen LogP contribution in [0.3, 0.4) is 0 Å². The van der Waals surface area contributed by atoms with Gasteiger partial charge in [0.1, 0.15) is 11.0 Å². The Labute approximate surface area is 107 Å². The Morgan fingerprint density at radius 2 is 2.29 bits per heavy atom. The largest absolute Gasteiger partial charge is 0.384 e. The highest BCUT2D eigenvalue weighted by atomic mass is 35.5. The SMILES string of the molecule is Cc1cnc(NC(=O)c2cc(N)nc(Cl)c2)s1. The van der Waals surface area contributed by atoms with Crippen molar-refractivity contribution in [2.45, 2.75) is 6.92 Å². The third kappa shape index (κ3) is 2.92. The smallest absolute Gasteiger partial charge is 0.257 e. The van der Waals surface area contributed by atoms with Crippen LogP contribution in [0.1, 0.15) is 15.2 Å². The summed E-state index contributed by atoms with van der Waals surface area (Å²) in [6.45, 7) is 1.91. The molecule has 0 aliphatic rings. The first-order valence-electron chi connectivity index (χ1n) is 4.71. The zero-order valence-corrected chi connectivity index (χ0v) is 10.5. The van der Waals surface area contributed by atoms with Gasteiger partial charge in [0.2, 0.25) is 0 Å². The number of pyridine rings is 1. The van der Waals surface area contributed by atoms with Gasteiger partial charge in [-0.3, -0.25) is 10.1 Å². The Balaban J connectivity index is 2.19. The van der Waals surface area contributed by atoms with E-state index in [1.807, 2.05) is 6.92 Å². The minimum absolute atomic E-state index is 0.186. The highest BCUT2D eigenvalue weighted by molar-refractivity contribution is 7.15. The number of amides is 1. The van der Waals surface area contributed by atoms with Crippen molar-refractivity contribution < 1.29 is 4.79 Å². The highest BCUT2D eigenvalue weighted by Crippen LogP contribution is 2.18. The molecule has 0 spiro atoms. The van der Waals surface area contributed by atoms with Crippen molar-refractivity contribution in [1.29, 1.82) is 0 Å². The molecule has 0 radical (unpaired) electrons. The van der Waals surface area contributed by atoms with Gasteiger partial charge in [-0.2, -0.15) is 0 Å². The van der Waals surface area contributed by atoms with E-state index < -0.39 is 0 Å². The van der Waals surface area contributed by atoms with Gasteiger partial charge in [-0.1, -0.05) is 11.6 Å². The first kappa shape index (κ1) is 11.8. The predicted octanol–water partition coefficient (Wildman–Crippen LogP) is 2.33. The number of thiazole rings is 1. The van der Waals surface area contributed by atoms with Crippen LogP contribution in [-0.4, -0.2) is 15.9 Å². The zero-order valence-electron chi connectivity index (χ0n) is 8.90. The van der Waals surface area contributed by atoms with Crippen molar-refractivity contribution in [1.82, 2.24) is 9.97 Å². The van der Waals surface area contributed by atoms with Gasteiger partial charge in [0.15, 0.2) is 5.13 Å². The first-order chi connectivity index (χ1) is 8.04. The quantitative estimate of drug-likeness (QED) is 0.819. The van der Waals surface area contributed by atoms with Crippen LogP contribution in [0, 0.1) is 6.92 Å². The summed E-state index contributed by atoms with van der Waals surface area (Å²) in [7, 11) is 0. The molecule has 0 bridgehead atoms. The van der Waals surface area contributed by atoms with E-state index in [1.54, 1.807) is 6.20 Å². The summed E-state index contributed by atoms with van der Waals surface area (Å²) in [6.07, 6.45) is 1.69. The van der Waals surface area contributed by atoms with Gasteiger partial charge in [0.05, 0.1) is 0 Å². The van der Waals surface area contributed by atoms with E-state index in [2.05, 4.69) is 15.3 Å². The summed E-state index contributed by atoms with van der Waals surface area (Å²) in [4.78, 5) is 20.7. The fourth-order valence-corrected chi connectivity index (χ4v) is 2.10. The summed E-state index contributed by atoms with van der Waals surface area (Å²) >= 11 is 7.11. The second-order valence-corrected chi connectivity index (χ2v) is 4.96. The van der Waals surface area contributed by atoms with E-state index in [1.165, 1.54) is 23.5 Å². The molecule has 7 heteroatoms. The molecule has 2 aromatic rings. The minimum atomic E-state index is -0.310. The van der Waals surface area contributed by atoms with E-state index in [0.717, 1.165) is 4.88 Å². The van der Waals surface area contributed by atoms with E-state index in [9.17, 15) is 4.79 Å². The average Bonchev–Trinajstić information content (AvgIpc) is 2.62. The summed E-state index contributed by atoms with van der Waals surface area (Å²) in [5.41, 5.74) is 5.86. The van der Waals surface area contributed by atoms with Crippen LogP contribution < -0.4 is 11.1 Å². The molecule has 5 nitrogen and oxygen atoms in total. The Hall–Kier alpha value is -1.66. The number of anilines is 2. The molecule has 0 atom stereocenters. The third-order valence-electron chi connectivity index (χ3n) is 1.92. The molecule has 0 saturated heterocycles. The second-order valence-electron chi connectivity index (χ2n) is 3.33. The van der Waals surface area contributed by atoms with E-state index in [0.29, 0.717) is 10.7 Å². The third-order valence-corrected chi connectivity index (χ3v) is 2.94. The van der Waals surface area contributed by atoms with Gasteiger partial charge < -0.3 is 5.73 Å². The number of nitrogens with zero attached hydrogens (tertiary/aromatic N) is 2. The van der Waals surface area contributed by atoms with Gasteiger partial charge in [-0.25, -0.2) is 9.97 Å². The van der Waals surface area contributed by atoms with Crippen molar-refractivity contribution in [2.24, 2.45) is 0 Å². The van der Waals surface area contributed by atoms with Crippen LogP contribution in [0.15, 0.2) is 18.3 Å². The van der Waals surface area contributed by atoms with Gasteiger partial charge in [0, 0.05) is 16.6 Å². The zero-order chi connectivity index (χ0) is 12.4. The number of nitrogen functional groups attached to an aromatic ring is 1. The van der Waals surface area contributed by atoms with E-state index in [4.69, 9.17) is 17.3 Å². The molecule has 0 saturated carbocycles. The summed E-state index contributed by atoms with van der Waals surface area (Å²) in [5.74, 6) is -0.103. The molecule has 1 amide bonds. The monoisotopic (exact) mass is 268 g/mol. The number of aromatic nitrogens is 2. The van der Waals surface area contributed by atoms with Crippen LogP contribution in [0.4, 0.5) is 10.9 Å². The number of hydrogen-bond acceptors (Lipinski definition) is 5. The Morgan fingerprint density at radius 1 is 1.53 bits per heavy atom. The average molecular weight is 269 g/mol. The second kappa shape index (κ2) is 4.68. The van der Waals surface area contributed by atoms with Gasteiger partial charge in [-0.15, -0.1) is 11.3 Å². The van der Waals surface area contributed by atoms with Gasteiger partial charge in [0.25, 0.3) is 5.91 Å². The van der Waals surface area contributed by atoms with Crippen LogP contribution in [-0.2, 0) is 0 Å². The fourth-order valence-electron chi connectivity index (χ4n) is 1.23. The molecule has 0 aliphatic heterocycles. The van der Waals surface area contributed by atoms with Crippen molar-refractivity contribution in [2.75, 3.05) is 11.1 Å². The summed E-state index contributed by atoms with van der Waals surface area (Å²) < 4.78 is 0. The topological polar surface area (TPSA) is 80.9 Å². The van der Waals surface area contributed by atoms with E-state index in [-0.39, 0.29) is 16.9 Å². The molecule has 2 rings (SSSR count). The van der Waals surface area contributed by atoms with Gasteiger partial charge in [-0.05, 0) is 19.1 Å². The standard InChI is InChI=1S/C10H9ClN4OS/c1-5-4-13-10(17-5)15-9(16)6-2-7(11)14-8(12)3-6/h2-4H,1H3,(H2,12,14)(H,13,15,16). The first-order valence-corrected chi connectivity index (χ1v) is 5.91. The number of aryl methyl sites for hydroxylation is 1. The molecule has 3 N–H and O–H groups in total. The van der Waals surface area contributed by atoms with Crippen molar-refractivity contribution >= 4 is 39.8 Å². The van der Waals surface area contributed by atoms with Crippen LogP contribution in [0.2, 0.25) is 5.15 Å². The molecule has 0 aromatic carbocycles. The van der Waals surface area contributed by atoms with E-state index >= 15 is 0 Å². The molecule has 0 unspecified atom stereocenters. The molecule has 0 fully saturated rings. The molecule has 2 heterocycles. The number of nitrogens with two attached hydrogens (primary N) is 1. The van der Waals surface area contributed by atoms with Crippen molar-refractivity contribution in [3.05, 3.63) is 33.9 Å². The molecular formula is C10H9ClN4OS. The maximum absolute atomic E-state index is 11.8. The van der Waals surface area contributed by atoms with Gasteiger partial charge >= 0.3 is 0 Å². The number of hydrogen-bond donors (Lipinski definition) is 2. The number of carbonyl (C=O) groups excluding carboxylic acids is 1. The summed E-state index contributed by atoms with van der Waals surface area (Å²) in [5, 5.41) is 3.39. The highest BCUT2D eigenvalue weighted by Gasteiger charge is 2.10. The Bertz CT molecular complexity index is 549. The lowest BCUT2D eigenvalue weighted by atomic mass is 10.2. The number of carbonyl (C=O) groups is 1. The number of rotatable bonds is 2. The van der Waals surface area contributed by atoms with Crippen LogP contribution >= 0.6 is 22.9 Å². The predicted molar refractivity (Wildman–Crippen MR) is 68.5 cm³/mol. The maximum atomic E-state index is 11.8. The lowest BCUT2D eigenvalue weighted by molar-refractivity contribution is 0.102. The van der Waals surface area contributed by atoms with Crippen molar-refractivity contribution in [3.8, 4) is 0 Å². The molecule has 88 valence electrons. The lowest BCUT2D eigenvalue weighted by Crippen LogP contribution is -2.12. The normalized spacial score (nSPS) is 10.2. The molecule has 17 heavy (non-hydrogen) atoms. The number of nitrogens with one attached hydrogen (secondary N) is 1.